The van der Waals surface area contributed by atoms with Gasteiger partial charge in [-0.25, -0.2) is 0 Å². The minimum Gasteiger partial charge on any atom is -0.494 e. The van der Waals surface area contributed by atoms with Crippen LogP contribution in [0.4, 0.5) is 0 Å². The molecular weight excluding hydrogens is 472 g/mol. The third-order valence-corrected chi connectivity index (χ3v) is 7.01. The SMILES string of the molecule is NC(=O)c1cccc(OCCCN(Cc2ccc3c(c2)CCO3)CC(c2ccccc2)c2ccccc2)c1. The number of hydrogen-bond donors (Lipinski definition) is 1. The quantitative estimate of drug-likeness (QED) is 0.246. The molecule has 4 aromatic rings. The molecule has 1 heterocycles. The number of fused-ring (bicyclic) bond motifs is 1. The number of benzene rings is 4. The van der Waals surface area contributed by atoms with Gasteiger partial charge in [0.25, 0.3) is 0 Å². The zero-order valence-corrected chi connectivity index (χ0v) is 21.6. The van der Waals surface area contributed by atoms with Crippen molar-refractivity contribution in [2.24, 2.45) is 5.73 Å². The minimum absolute atomic E-state index is 0.253. The molecule has 194 valence electrons. The first-order valence-electron chi connectivity index (χ1n) is 13.3. The Morgan fingerprint density at radius 2 is 1.63 bits per heavy atom. The first-order valence-corrected chi connectivity index (χ1v) is 13.3. The summed E-state index contributed by atoms with van der Waals surface area (Å²) in [5.41, 5.74) is 11.1. The topological polar surface area (TPSA) is 64.8 Å². The monoisotopic (exact) mass is 506 g/mol. The van der Waals surface area contributed by atoms with Crippen LogP contribution in [0.25, 0.3) is 0 Å². The number of carbonyl (C=O) groups is 1. The molecule has 0 saturated carbocycles. The van der Waals surface area contributed by atoms with Gasteiger partial charge in [0.1, 0.15) is 11.5 Å². The fourth-order valence-corrected chi connectivity index (χ4v) is 5.08. The van der Waals surface area contributed by atoms with Crippen LogP contribution < -0.4 is 15.2 Å². The normalized spacial score (nSPS) is 12.4. The van der Waals surface area contributed by atoms with Crippen molar-refractivity contribution in [3.8, 4) is 11.5 Å². The molecule has 0 spiro atoms. The summed E-state index contributed by atoms with van der Waals surface area (Å²) in [6.07, 6.45) is 1.82. The van der Waals surface area contributed by atoms with E-state index in [-0.39, 0.29) is 5.92 Å². The Kier molecular flexibility index (Phi) is 8.36. The van der Waals surface area contributed by atoms with Gasteiger partial charge in [-0.1, -0.05) is 78.9 Å². The van der Waals surface area contributed by atoms with Crippen molar-refractivity contribution in [2.75, 3.05) is 26.3 Å². The van der Waals surface area contributed by atoms with E-state index in [9.17, 15) is 4.79 Å². The largest absolute Gasteiger partial charge is 0.494 e. The minimum atomic E-state index is -0.450. The lowest BCUT2D eigenvalue weighted by molar-refractivity contribution is 0.0999. The number of primary amides is 1. The van der Waals surface area contributed by atoms with Gasteiger partial charge in [0, 0.05) is 37.5 Å². The number of ether oxygens (including phenoxy) is 2. The summed E-state index contributed by atoms with van der Waals surface area (Å²) < 4.78 is 11.7. The van der Waals surface area contributed by atoms with Gasteiger partial charge in [-0.15, -0.1) is 0 Å². The van der Waals surface area contributed by atoms with Gasteiger partial charge in [0.05, 0.1) is 13.2 Å². The molecule has 38 heavy (non-hydrogen) atoms. The third-order valence-electron chi connectivity index (χ3n) is 7.01. The first kappa shape index (κ1) is 25.6. The van der Waals surface area contributed by atoms with Crippen molar-refractivity contribution >= 4 is 5.91 Å². The first-order chi connectivity index (χ1) is 18.7. The molecule has 1 amide bonds. The molecule has 5 nitrogen and oxygen atoms in total. The molecule has 4 aromatic carbocycles. The van der Waals surface area contributed by atoms with Crippen molar-refractivity contribution < 1.29 is 14.3 Å². The molecule has 0 fully saturated rings. The predicted molar refractivity (Wildman–Crippen MR) is 151 cm³/mol. The summed E-state index contributed by atoms with van der Waals surface area (Å²) in [6, 6.07) is 35.1. The molecule has 0 unspecified atom stereocenters. The molecule has 0 saturated heterocycles. The van der Waals surface area contributed by atoms with E-state index in [0.29, 0.717) is 17.9 Å². The molecule has 5 heteroatoms. The van der Waals surface area contributed by atoms with Crippen LogP contribution in [-0.2, 0) is 13.0 Å². The fraction of sp³-hybridized carbons (Fsp3) is 0.242. The van der Waals surface area contributed by atoms with Crippen molar-refractivity contribution in [1.82, 2.24) is 4.90 Å². The van der Waals surface area contributed by atoms with Gasteiger partial charge in [-0.05, 0) is 52.9 Å². The maximum Gasteiger partial charge on any atom is 0.248 e. The highest BCUT2D eigenvalue weighted by atomic mass is 16.5. The summed E-state index contributed by atoms with van der Waals surface area (Å²) in [7, 11) is 0. The van der Waals surface area contributed by atoms with Crippen molar-refractivity contribution in [3.05, 3.63) is 131 Å². The smallest absolute Gasteiger partial charge is 0.248 e. The van der Waals surface area contributed by atoms with E-state index in [2.05, 4.69) is 83.8 Å². The lowest BCUT2D eigenvalue weighted by Gasteiger charge is -2.29. The average Bonchev–Trinajstić information content (AvgIpc) is 3.43. The second-order valence-corrected chi connectivity index (χ2v) is 9.74. The number of amides is 1. The number of rotatable bonds is 12. The average molecular weight is 507 g/mol. The number of nitrogens with two attached hydrogens (primary N) is 1. The van der Waals surface area contributed by atoms with Crippen molar-refractivity contribution in [3.63, 3.8) is 0 Å². The van der Waals surface area contributed by atoms with Gasteiger partial charge in [0.2, 0.25) is 5.91 Å². The van der Waals surface area contributed by atoms with Gasteiger partial charge in [-0.2, -0.15) is 0 Å². The molecule has 0 bridgehead atoms. The standard InChI is InChI=1S/C33H34N2O3/c34-33(36)29-13-7-14-30(22-29)37-19-8-18-35(23-25-15-16-32-28(21-25)17-20-38-32)24-31(26-9-3-1-4-10-26)27-11-5-2-6-12-27/h1-7,9-16,21-22,31H,8,17-20,23-24H2,(H2,34,36). The number of carbonyl (C=O) groups excluding carboxylic acids is 1. The summed E-state index contributed by atoms with van der Waals surface area (Å²) in [5, 5.41) is 0. The van der Waals surface area contributed by atoms with Gasteiger partial charge in [-0.3, -0.25) is 9.69 Å². The maximum atomic E-state index is 11.5. The molecule has 1 aliphatic heterocycles. The Hall–Kier alpha value is -4.09. The summed E-state index contributed by atoms with van der Waals surface area (Å²) >= 11 is 0. The van der Waals surface area contributed by atoms with E-state index >= 15 is 0 Å². The van der Waals surface area contributed by atoms with Crippen LogP contribution in [0.5, 0.6) is 11.5 Å². The van der Waals surface area contributed by atoms with E-state index in [1.807, 2.05) is 6.07 Å². The predicted octanol–water partition coefficient (Wildman–Crippen LogP) is 5.82. The fourth-order valence-electron chi connectivity index (χ4n) is 5.08. The van der Waals surface area contributed by atoms with Crippen LogP contribution >= 0.6 is 0 Å². The third kappa shape index (κ3) is 6.61. The summed E-state index contributed by atoms with van der Waals surface area (Å²) in [6.45, 7) is 3.93. The lowest BCUT2D eigenvalue weighted by Crippen LogP contribution is -2.30. The van der Waals surface area contributed by atoms with Crippen LogP contribution in [0, 0.1) is 0 Å². The second kappa shape index (κ2) is 12.4. The number of nitrogens with zero attached hydrogens (tertiary/aromatic N) is 1. The highest BCUT2D eigenvalue weighted by Gasteiger charge is 2.20. The van der Waals surface area contributed by atoms with Gasteiger partial charge < -0.3 is 15.2 Å². The summed E-state index contributed by atoms with van der Waals surface area (Å²) in [5.74, 6) is 1.48. The van der Waals surface area contributed by atoms with Crippen LogP contribution in [0.1, 0.15) is 45.0 Å². The zero-order chi connectivity index (χ0) is 26.2. The summed E-state index contributed by atoms with van der Waals surface area (Å²) in [4.78, 5) is 14.0. The molecule has 0 aromatic heterocycles. The second-order valence-electron chi connectivity index (χ2n) is 9.74. The van der Waals surface area contributed by atoms with Crippen molar-refractivity contribution in [1.29, 1.82) is 0 Å². The van der Waals surface area contributed by atoms with E-state index < -0.39 is 5.91 Å². The number of hydrogen-bond acceptors (Lipinski definition) is 4. The van der Waals surface area contributed by atoms with E-state index in [1.54, 1.807) is 18.2 Å². The Bertz CT molecular complexity index is 1300. The molecule has 0 aliphatic carbocycles. The zero-order valence-electron chi connectivity index (χ0n) is 21.6. The van der Waals surface area contributed by atoms with E-state index in [1.165, 1.54) is 22.3 Å². The van der Waals surface area contributed by atoms with E-state index in [0.717, 1.165) is 44.8 Å². The molecule has 0 radical (unpaired) electrons. The van der Waals surface area contributed by atoms with Crippen LogP contribution in [0.2, 0.25) is 0 Å². The maximum absolute atomic E-state index is 11.5. The van der Waals surface area contributed by atoms with Gasteiger partial charge in [0.15, 0.2) is 0 Å². The van der Waals surface area contributed by atoms with Crippen molar-refractivity contribution in [2.45, 2.75) is 25.3 Å². The Morgan fingerprint density at radius 1 is 0.895 bits per heavy atom. The molecular formula is C33H34N2O3. The highest BCUT2D eigenvalue weighted by Crippen LogP contribution is 2.29. The molecule has 2 N–H and O–H groups in total. The Morgan fingerprint density at radius 3 is 2.34 bits per heavy atom. The van der Waals surface area contributed by atoms with Crippen LogP contribution in [-0.4, -0.2) is 37.1 Å². The Balaban J connectivity index is 1.32. The Labute approximate surface area is 224 Å². The van der Waals surface area contributed by atoms with Crippen LogP contribution in [0.3, 0.4) is 0 Å². The molecule has 5 rings (SSSR count). The van der Waals surface area contributed by atoms with Crippen LogP contribution in [0.15, 0.2) is 103 Å². The highest BCUT2D eigenvalue weighted by molar-refractivity contribution is 5.93. The van der Waals surface area contributed by atoms with E-state index in [4.69, 9.17) is 15.2 Å². The molecule has 0 atom stereocenters. The lowest BCUT2D eigenvalue weighted by atomic mass is 9.90. The molecule has 1 aliphatic rings. The van der Waals surface area contributed by atoms with Gasteiger partial charge >= 0.3 is 0 Å².